The third kappa shape index (κ3) is 6.53. The molecule has 0 spiro atoms. The van der Waals surface area contributed by atoms with Crippen LogP contribution in [0.3, 0.4) is 0 Å². The summed E-state index contributed by atoms with van der Waals surface area (Å²) >= 11 is 0. The number of amides is 3. The van der Waals surface area contributed by atoms with E-state index in [9.17, 15) is 14.4 Å². The maximum absolute atomic E-state index is 12.9. The van der Waals surface area contributed by atoms with Gasteiger partial charge in [-0.25, -0.2) is 9.59 Å². The van der Waals surface area contributed by atoms with Gasteiger partial charge in [-0.15, -0.1) is 0 Å². The first-order chi connectivity index (χ1) is 17.4. The van der Waals surface area contributed by atoms with Crippen molar-refractivity contribution in [2.24, 2.45) is 0 Å². The van der Waals surface area contributed by atoms with Gasteiger partial charge in [0.2, 0.25) is 0 Å². The SMILES string of the molecule is CCCCCCc1ccc(C(=O)Nc2cccc(C3NC(=O)N(CCC)C(C)=C3C(=O)OC)c2)cc1. The number of nitrogens with zero attached hydrogens (tertiary/aromatic N) is 1. The van der Waals surface area contributed by atoms with Gasteiger partial charge in [-0.1, -0.05) is 57.4 Å². The van der Waals surface area contributed by atoms with Gasteiger partial charge < -0.3 is 15.4 Å². The van der Waals surface area contributed by atoms with Crippen molar-refractivity contribution in [1.82, 2.24) is 10.2 Å². The standard InChI is InChI=1S/C29H37N3O4/c1-5-7-8-9-11-21-14-16-22(17-15-21)27(33)30-24-13-10-12-23(19-24)26-25(28(34)36-4)20(3)32(18-6-2)29(35)31-26/h10,12-17,19,26H,5-9,11,18H2,1-4H3,(H,30,33)(H,31,35). The van der Waals surface area contributed by atoms with Crippen LogP contribution < -0.4 is 10.6 Å². The normalized spacial score (nSPS) is 15.5. The minimum Gasteiger partial charge on any atom is -0.466 e. The van der Waals surface area contributed by atoms with Gasteiger partial charge in [0.25, 0.3) is 5.91 Å². The molecule has 1 aliphatic heterocycles. The Morgan fingerprint density at radius 3 is 2.44 bits per heavy atom. The quantitative estimate of drug-likeness (QED) is 0.299. The van der Waals surface area contributed by atoms with Gasteiger partial charge in [0.15, 0.2) is 0 Å². The molecule has 0 aliphatic carbocycles. The molecule has 7 heteroatoms. The summed E-state index contributed by atoms with van der Waals surface area (Å²) in [6, 6.07) is 13.9. The smallest absolute Gasteiger partial charge is 0.337 e. The lowest BCUT2D eigenvalue weighted by Gasteiger charge is -2.35. The largest absolute Gasteiger partial charge is 0.466 e. The van der Waals surface area contributed by atoms with Crippen molar-refractivity contribution in [3.05, 3.63) is 76.5 Å². The summed E-state index contributed by atoms with van der Waals surface area (Å²) < 4.78 is 5.03. The molecule has 2 aromatic rings. The van der Waals surface area contributed by atoms with Crippen LogP contribution >= 0.6 is 0 Å². The van der Waals surface area contributed by atoms with E-state index in [1.165, 1.54) is 31.9 Å². The Bertz CT molecular complexity index is 1110. The molecule has 2 aromatic carbocycles. The van der Waals surface area contributed by atoms with Gasteiger partial charge in [0, 0.05) is 23.5 Å². The Labute approximate surface area is 213 Å². The zero-order valence-electron chi connectivity index (χ0n) is 21.7. The maximum atomic E-state index is 12.9. The lowest BCUT2D eigenvalue weighted by atomic mass is 9.94. The molecule has 192 valence electrons. The van der Waals surface area contributed by atoms with E-state index in [0.717, 1.165) is 19.3 Å². The first-order valence-electron chi connectivity index (χ1n) is 12.8. The van der Waals surface area contributed by atoms with E-state index in [4.69, 9.17) is 4.74 Å². The molecule has 0 aromatic heterocycles. The van der Waals surface area contributed by atoms with Gasteiger partial charge in [-0.05, 0) is 61.6 Å². The molecular formula is C29H37N3O4. The van der Waals surface area contributed by atoms with Crippen LogP contribution in [0.25, 0.3) is 0 Å². The summed E-state index contributed by atoms with van der Waals surface area (Å²) in [6.45, 7) is 6.42. The molecule has 0 bridgehead atoms. The van der Waals surface area contributed by atoms with Crippen molar-refractivity contribution < 1.29 is 19.1 Å². The predicted octanol–water partition coefficient (Wildman–Crippen LogP) is 5.99. The van der Waals surface area contributed by atoms with Crippen molar-refractivity contribution >= 4 is 23.6 Å². The Morgan fingerprint density at radius 1 is 1.03 bits per heavy atom. The fourth-order valence-corrected chi connectivity index (χ4v) is 4.48. The first kappa shape index (κ1) is 27.0. The highest BCUT2D eigenvalue weighted by Crippen LogP contribution is 2.32. The zero-order chi connectivity index (χ0) is 26.1. The summed E-state index contributed by atoms with van der Waals surface area (Å²) in [4.78, 5) is 39.9. The Balaban J connectivity index is 1.77. The molecule has 1 unspecified atom stereocenters. The number of rotatable bonds is 11. The molecule has 3 rings (SSSR count). The minimum absolute atomic E-state index is 0.216. The van der Waals surface area contributed by atoms with Crippen LogP contribution in [0, 0.1) is 0 Å². The van der Waals surface area contributed by atoms with Crippen LogP contribution in [0.1, 0.15) is 80.4 Å². The minimum atomic E-state index is -0.679. The highest BCUT2D eigenvalue weighted by Gasteiger charge is 2.36. The first-order valence-corrected chi connectivity index (χ1v) is 12.8. The fourth-order valence-electron chi connectivity index (χ4n) is 4.48. The predicted molar refractivity (Wildman–Crippen MR) is 142 cm³/mol. The van der Waals surface area contributed by atoms with E-state index >= 15 is 0 Å². The number of hydrogen-bond donors (Lipinski definition) is 2. The summed E-state index contributed by atoms with van der Waals surface area (Å²) in [5.74, 6) is -0.714. The number of hydrogen-bond acceptors (Lipinski definition) is 4. The Morgan fingerprint density at radius 2 is 1.78 bits per heavy atom. The maximum Gasteiger partial charge on any atom is 0.337 e. The average Bonchev–Trinajstić information content (AvgIpc) is 2.89. The van der Waals surface area contributed by atoms with Gasteiger partial charge in [0.05, 0.1) is 18.7 Å². The van der Waals surface area contributed by atoms with Gasteiger partial charge in [-0.2, -0.15) is 0 Å². The number of nitrogens with one attached hydrogen (secondary N) is 2. The van der Waals surface area contributed by atoms with E-state index in [-0.39, 0.29) is 11.9 Å². The number of aryl methyl sites for hydroxylation is 1. The van der Waals surface area contributed by atoms with Crippen molar-refractivity contribution in [3.8, 4) is 0 Å². The van der Waals surface area contributed by atoms with Gasteiger partial charge in [-0.3, -0.25) is 9.69 Å². The Hall–Kier alpha value is -3.61. The topological polar surface area (TPSA) is 87.7 Å². The summed E-state index contributed by atoms with van der Waals surface area (Å²) in [7, 11) is 1.33. The average molecular weight is 492 g/mol. The van der Waals surface area contributed by atoms with Crippen LogP contribution in [0.2, 0.25) is 0 Å². The van der Waals surface area contributed by atoms with Gasteiger partial charge in [0.1, 0.15) is 0 Å². The van der Waals surface area contributed by atoms with Crippen molar-refractivity contribution in [2.45, 2.75) is 65.3 Å². The van der Waals surface area contributed by atoms with E-state index in [1.54, 1.807) is 30.0 Å². The van der Waals surface area contributed by atoms with E-state index in [0.29, 0.717) is 34.6 Å². The van der Waals surface area contributed by atoms with E-state index in [1.807, 2.05) is 37.3 Å². The van der Waals surface area contributed by atoms with E-state index in [2.05, 4.69) is 17.6 Å². The molecular weight excluding hydrogens is 454 g/mol. The number of methoxy groups -OCH3 is 1. The zero-order valence-corrected chi connectivity index (χ0v) is 21.7. The second-order valence-electron chi connectivity index (χ2n) is 9.11. The van der Waals surface area contributed by atoms with Crippen LogP contribution in [0.4, 0.5) is 10.5 Å². The molecule has 36 heavy (non-hydrogen) atoms. The summed E-state index contributed by atoms with van der Waals surface area (Å²) in [5.41, 5.74) is 4.01. The summed E-state index contributed by atoms with van der Waals surface area (Å²) in [5, 5.41) is 5.85. The number of esters is 1. The van der Waals surface area contributed by atoms with Crippen molar-refractivity contribution in [1.29, 1.82) is 0 Å². The number of benzene rings is 2. The molecule has 0 saturated heterocycles. The van der Waals surface area contributed by atoms with Crippen LogP contribution in [0.5, 0.6) is 0 Å². The molecule has 1 atom stereocenters. The second-order valence-corrected chi connectivity index (χ2v) is 9.11. The third-order valence-corrected chi connectivity index (χ3v) is 6.46. The van der Waals surface area contributed by atoms with E-state index < -0.39 is 12.0 Å². The van der Waals surface area contributed by atoms with Gasteiger partial charge >= 0.3 is 12.0 Å². The molecule has 7 nitrogen and oxygen atoms in total. The molecule has 2 N–H and O–H groups in total. The molecule has 1 heterocycles. The third-order valence-electron chi connectivity index (χ3n) is 6.46. The number of unbranched alkanes of at least 4 members (excludes halogenated alkanes) is 3. The molecule has 3 amide bonds. The number of allylic oxidation sites excluding steroid dienone is 1. The number of urea groups is 1. The number of carbonyl (C=O) groups is 3. The number of ether oxygens (including phenoxy) is 1. The fraction of sp³-hybridized carbons (Fsp3) is 0.414. The molecule has 0 radical (unpaired) electrons. The highest BCUT2D eigenvalue weighted by atomic mass is 16.5. The second kappa shape index (κ2) is 12.9. The molecule has 0 fully saturated rings. The number of anilines is 1. The molecule has 1 aliphatic rings. The van der Waals surface area contributed by atoms with Crippen molar-refractivity contribution in [3.63, 3.8) is 0 Å². The van der Waals surface area contributed by atoms with Crippen LogP contribution in [0.15, 0.2) is 59.8 Å². The highest BCUT2D eigenvalue weighted by molar-refractivity contribution is 6.04. The van der Waals surface area contributed by atoms with Crippen molar-refractivity contribution in [2.75, 3.05) is 19.0 Å². The van der Waals surface area contributed by atoms with Crippen LogP contribution in [-0.2, 0) is 16.0 Å². The van der Waals surface area contributed by atoms with Crippen LogP contribution in [-0.4, -0.2) is 36.5 Å². The number of carbonyl (C=O) groups excluding carboxylic acids is 3. The monoisotopic (exact) mass is 491 g/mol. The lowest BCUT2D eigenvalue weighted by molar-refractivity contribution is -0.136. The Kier molecular flexibility index (Phi) is 9.68. The lowest BCUT2D eigenvalue weighted by Crippen LogP contribution is -2.48. The molecule has 0 saturated carbocycles. The summed E-state index contributed by atoms with van der Waals surface area (Å²) in [6.07, 6.45) is 6.61.